The Morgan fingerprint density at radius 2 is 1.67 bits per heavy atom. The van der Waals surface area contributed by atoms with Gasteiger partial charge in [-0.2, -0.15) is 0 Å². The Labute approximate surface area is 163 Å². The van der Waals surface area contributed by atoms with Crippen molar-refractivity contribution in [3.8, 4) is 17.2 Å². The monoisotopic (exact) mass is 390 g/mol. The topological polar surface area (TPSA) is 68.8 Å². The summed E-state index contributed by atoms with van der Waals surface area (Å²) in [5.41, 5.74) is 2.00. The molecular formula is C20H23ClN2O4. The third-order valence-corrected chi connectivity index (χ3v) is 5.18. The van der Waals surface area contributed by atoms with Gasteiger partial charge in [0.1, 0.15) is 5.75 Å². The van der Waals surface area contributed by atoms with Gasteiger partial charge in [0.2, 0.25) is 0 Å². The zero-order valence-electron chi connectivity index (χ0n) is 15.8. The molecule has 2 amide bonds. The van der Waals surface area contributed by atoms with E-state index in [4.69, 9.17) is 25.8 Å². The van der Waals surface area contributed by atoms with E-state index in [9.17, 15) is 4.79 Å². The lowest BCUT2D eigenvalue weighted by atomic mass is 10.0. The predicted molar refractivity (Wildman–Crippen MR) is 105 cm³/mol. The van der Waals surface area contributed by atoms with Crippen molar-refractivity contribution in [2.24, 2.45) is 0 Å². The zero-order chi connectivity index (χ0) is 19.6. The molecule has 0 aliphatic heterocycles. The normalized spacial score (nSPS) is 14.3. The van der Waals surface area contributed by atoms with Gasteiger partial charge in [-0.25, -0.2) is 4.79 Å². The fraction of sp³-hybridized carbons (Fsp3) is 0.350. The van der Waals surface area contributed by atoms with Crippen LogP contribution in [0.4, 0.5) is 10.5 Å². The quantitative estimate of drug-likeness (QED) is 0.762. The van der Waals surface area contributed by atoms with Crippen LogP contribution >= 0.6 is 11.6 Å². The summed E-state index contributed by atoms with van der Waals surface area (Å²) < 4.78 is 16.0. The van der Waals surface area contributed by atoms with E-state index in [-0.39, 0.29) is 6.03 Å². The number of carbonyl (C=O) groups excluding carboxylic acids is 1. The Morgan fingerprint density at radius 3 is 2.26 bits per heavy atom. The molecule has 1 aliphatic carbocycles. The van der Waals surface area contributed by atoms with Gasteiger partial charge >= 0.3 is 6.03 Å². The molecule has 1 aliphatic rings. The van der Waals surface area contributed by atoms with Crippen LogP contribution in [0.5, 0.6) is 17.2 Å². The summed E-state index contributed by atoms with van der Waals surface area (Å²) in [5.74, 6) is 1.80. The minimum absolute atomic E-state index is 0.303. The number of benzene rings is 2. The van der Waals surface area contributed by atoms with E-state index in [1.54, 1.807) is 26.4 Å². The average Bonchev–Trinajstić information content (AvgIpc) is 3.44. The maximum atomic E-state index is 12.6. The highest BCUT2D eigenvalue weighted by molar-refractivity contribution is 6.31. The Hall–Kier alpha value is -2.60. The molecule has 0 aromatic heterocycles. The smallest absolute Gasteiger partial charge is 0.320 e. The predicted octanol–water partition coefficient (Wildman–Crippen LogP) is 4.49. The lowest BCUT2D eigenvalue weighted by Crippen LogP contribution is -2.38. The van der Waals surface area contributed by atoms with Gasteiger partial charge in [0.15, 0.2) is 11.5 Å². The molecule has 0 atom stereocenters. The molecule has 2 aromatic carbocycles. The number of urea groups is 1. The van der Waals surface area contributed by atoms with Crippen LogP contribution in [0, 0.1) is 6.92 Å². The highest BCUT2D eigenvalue weighted by Gasteiger charge is 2.46. The van der Waals surface area contributed by atoms with Crippen LogP contribution in [-0.4, -0.2) is 27.4 Å². The minimum atomic E-state index is -0.404. The second-order valence-electron chi connectivity index (χ2n) is 6.53. The van der Waals surface area contributed by atoms with E-state index in [1.807, 2.05) is 25.1 Å². The molecular weight excluding hydrogens is 368 g/mol. The van der Waals surface area contributed by atoms with E-state index in [1.165, 1.54) is 7.11 Å². The van der Waals surface area contributed by atoms with E-state index in [0.717, 1.165) is 24.0 Å². The molecule has 0 bridgehead atoms. The van der Waals surface area contributed by atoms with Crippen molar-refractivity contribution in [3.05, 3.63) is 46.5 Å². The number of ether oxygens (including phenoxy) is 3. The second-order valence-corrected chi connectivity index (χ2v) is 6.94. The van der Waals surface area contributed by atoms with Gasteiger partial charge < -0.3 is 24.8 Å². The van der Waals surface area contributed by atoms with Crippen LogP contribution in [0.2, 0.25) is 5.02 Å². The minimum Gasteiger partial charge on any atom is -0.495 e. The maximum absolute atomic E-state index is 12.6. The first-order valence-corrected chi connectivity index (χ1v) is 8.96. The summed E-state index contributed by atoms with van der Waals surface area (Å²) in [5, 5.41) is 6.51. The number of methoxy groups -OCH3 is 3. The average molecular weight is 391 g/mol. The first-order chi connectivity index (χ1) is 12.9. The Balaban J connectivity index is 1.77. The van der Waals surface area contributed by atoms with Crippen LogP contribution in [-0.2, 0) is 5.54 Å². The molecule has 0 heterocycles. The SMILES string of the molecule is COc1cc(Cl)c(C)cc1NC(=O)NC1(c2ccc(OC)c(OC)c2)CC1. The summed E-state index contributed by atoms with van der Waals surface area (Å²) in [4.78, 5) is 12.6. The Kier molecular flexibility index (Phi) is 5.37. The fourth-order valence-electron chi connectivity index (χ4n) is 3.05. The van der Waals surface area contributed by atoms with Crippen molar-refractivity contribution in [1.82, 2.24) is 5.32 Å². The van der Waals surface area contributed by atoms with Crippen molar-refractivity contribution in [2.45, 2.75) is 25.3 Å². The summed E-state index contributed by atoms with van der Waals surface area (Å²) in [6.07, 6.45) is 1.71. The molecule has 27 heavy (non-hydrogen) atoms. The standard InChI is InChI=1S/C20H23ClN2O4/c1-12-9-15(17(26-3)11-14(12)21)22-19(24)23-20(7-8-20)13-5-6-16(25-2)18(10-13)27-4/h5-6,9-11H,7-8H2,1-4H3,(H2,22,23,24). The van der Waals surface area contributed by atoms with Gasteiger partial charge in [-0.1, -0.05) is 17.7 Å². The summed E-state index contributed by atoms with van der Waals surface area (Å²) in [7, 11) is 4.73. The number of anilines is 1. The van der Waals surface area contributed by atoms with Crippen LogP contribution in [0.15, 0.2) is 30.3 Å². The van der Waals surface area contributed by atoms with Gasteiger partial charge in [0.25, 0.3) is 0 Å². The molecule has 2 aromatic rings. The number of nitrogens with one attached hydrogen (secondary N) is 2. The molecule has 1 fully saturated rings. The van der Waals surface area contributed by atoms with Gasteiger partial charge in [0, 0.05) is 11.1 Å². The zero-order valence-corrected chi connectivity index (χ0v) is 16.6. The number of hydrogen-bond acceptors (Lipinski definition) is 4. The molecule has 0 saturated heterocycles. The van der Waals surface area contributed by atoms with E-state index < -0.39 is 5.54 Å². The number of aryl methyl sites for hydroxylation is 1. The van der Waals surface area contributed by atoms with Crippen molar-refractivity contribution in [2.75, 3.05) is 26.6 Å². The Morgan fingerprint density at radius 1 is 1.00 bits per heavy atom. The van der Waals surface area contributed by atoms with Gasteiger partial charge in [-0.3, -0.25) is 0 Å². The molecule has 7 heteroatoms. The fourth-order valence-corrected chi connectivity index (χ4v) is 3.20. The Bertz CT molecular complexity index is 865. The van der Waals surface area contributed by atoms with E-state index in [0.29, 0.717) is 28.0 Å². The molecule has 3 rings (SSSR count). The third kappa shape index (κ3) is 3.90. The first kappa shape index (κ1) is 19.2. The van der Waals surface area contributed by atoms with Crippen LogP contribution in [0.25, 0.3) is 0 Å². The third-order valence-electron chi connectivity index (χ3n) is 4.77. The number of hydrogen-bond donors (Lipinski definition) is 2. The molecule has 0 unspecified atom stereocenters. The van der Waals surface area contributed by atoms with E-state index >= 15 is 0 Å². The number of rotatable bonds is 6. The van der Waals surface area contributed by atoms with Crippen molar-refractivity contribution in [3.63, 3.8) is 0 Å². The van der Waals surface area contributed by atoms with Gasteiger partial charge in [-0.05, 0) is 49.1 Å². The highest BCUT2D eigenvalue weighted by Crippen LogP contribution is 2.47. The molecule has 0 radical (unpaired) electrons. The van der Waals surface area contributed by atoms with Crippen molar-refractivity contribution < 1.29 is 19.0 Å². The summed E-state index contributed by atoms with van der Waals surface area (Å²) in [6.45, 7) is 1.87. The molecule has 1 saturated carbocycles. The lowest BCUT2D eigenvalue weighted by molar-refractivity contribution is 0.247. The highest BCUT2D eigenvalue weighted by atomic mass is 35.5. The molecule has 6 nitrogen and oxygen atoms in total. The number of carbonyl (C=O) groups is 1. The number of amides is 2. The van der Waals surface area contributed by atoms with E-state index in [2.05, 4.69) is 10.6 Å². The van der Waals surface area contributed by atoms with Crippen molar-refractivity contribution >= 4 is 23.3 Å². The van der Waals surface area contributed by atoms with Crippen LogP contribution < -0.4 is 24.8 Å². The molecule has 2 N–H and O–H groups in total. The summed E-state index contributed by atoms with van der Waals surface area (Å²) >= 11 is 6.12. The second kappa shape index (κ2) is 7.56. The largest absolute Gasteiger partial charge is 0.495 e. The maximum Gasteiger partial charge on any atom is 0.320 e. The van der Waals surface area contributed by atoms with Crippen LogP contribution in [0.1, 0.15) is 24.0 Å². The first-order valence-electron chi connectivity index (χ1n) is 8.58. The molecule has 0 spiro atoms. The van der Waals surface area contributed by atoms with Gasteiger partial charge in [-0.15, -0.1) is 0 Å². The van der Waals surface area contributed by atoms with Gasteiger partial charge in [0.05, 0.1) is 32.6 Å². The molecule has 144 valence electrons. The summed E-state index contributed by atoms with van der Waals surface area (Å²) in [6, 6.07) is 8.87. The van der Waals surface area contributed by atoms with Crippen molar-refractivity contribution in [1.29, 1.82) is 0 Å². The number of halogens is 1. The lowest BCUT2D eigenvalue weighted by Gasteiger charge is -2.20. The van der Waals surface area contributed by atoms with Crippen LogP contribution in [0.3, 0.4) is 0 Å².